The number of urea groups is 1. The van der Waals surface area contributed by atoms with Gasteiger partial charge >= 0.3 is 18.0 Å². The van der Waals surface area contributed by atoms with Crippen molar-refractivity contribution < 1.29 is 43.4 Å². The summed E-state index contributed by atoms with van der Waals surface area (Å²) in [5, 5.41) is 19.5. The molecule has 0 bridgehead atoms. The number of ketones is 1. The van der Waals surface area contributed by atoms with Gasteiger partial charge in [-0.2, -0.15) is 0 Å². The number of nitrogens with one attached hydrogen (secondary N) is 3. The average Bonchev–Trinajstić information content (AvgIpc) is 3.14. The van der Waals surface area contributed by atoms with E-state index in [1.54, 1.807) is 0 Å². The molecule has 1 aromatic carbocycles. The van der Waals surface area contributed by atoms with Gasteiger partial charge < -0.3 is 25.8 Å². The molecule has 3 atom stereocenters. The van der Waals surface area contributed by atoms with E-state index >= 15 is 0 Å². The number of carboxylic acid groups (broad SMARTS) is 1. The first-order valence-electron chi connectivity index (χ1n) is 15.3. The van der Waals surface area contributed by atoms with Gasteiger partial charge in [-0.25, -0.2) is 14.6 Å². The molecule has 14 nitrogen and oxygen atoms in total. The summed E-state index contributed by atoms with van der Waals surface area (Å²) in [4.78, 5) is 90.2. The fraction of sp³-hybridized carbons (Fsp3) is 0.567. The van der Waals surface area contributed by atoms with Crippen molar-refractivity contribution in [3.63, 3.8) is 0 Å². The molecule has 4 N–H and O–H groups in total. The molecule has 1 saturated carbocycles. The summed E-state index contributed by atoms with van der Waals surface area (Å²) in [6, 6.07) is 0.0923. The topological polar surface area (TPSA) is 192 Å². The molecule has 4 rings (SSSR count). The monoisotopic (exact) mass is 681 g/mol. The van der Waals surface area contributed by atoms with Gasteiger partial charge in [0.25, 0.3) is 5.91 Å². The molecule has 5 amide bonds. The summed E-state index contributed by atoms with van der Waals surface area (Å²) in [5.41, 5.74) is -0.160. The Labute approximate surface area is 275 Å². The van der Waals surface area contributed by atoms with E-state index in [1.165, 1.54) is 23.2 Å². The number of carbonyl (C=O) groups excluding carboxylic acids is 6. The van der Waals surface area contributed by atoms with E-state index in [0.717, 1.165) is 37.1 Å². The van der Waals surface area contributed by atoms with Crippen molar-refractivity contribution in [2.45, 2.75) is 94.8 Å². The Morgan fingerprint density at radius 2 is 1.65 bits per heavy atom. The van der Waals surface area contributed by atoms with E-state index in [-0.39, 0.29) is 53.9 Å². The quantitative estimate of drug-likeness (QED) is 0.254. The Bertz CT molecular complexity index is 1350. The zero-order valence-electron chi connectivity index (χ0n) is 25.1. The van der Waals surface area contributed by atoms with Gasteiger partial charge in [-0.1, -0.05) is 48.5 Å². The summed E-state index contributed by atoms with van der Waals surface area (Å²) in [5.74, 6) is -4.88. The second kappa shape index (κ2) is 16.1. The van der Waals surface area contributed by atoms with Gasteiger partial charge in [-0.05, 0) is 50.7 Å². The molecule has 46 heavy (non-hydrogen) atoms. The molecule has 16 heteroatoms. The number of esters is 1. The number of hydrogen-bond acceptors (Lipinski definition) is 8. The number of ether oxygens (including phenoxy) is 1. The number of nitrogens with zero attached hydrogens (tertiary/aromatic N) is 2. The maximum atomic E-state index is 13.8. The molecule has 0 spiro atoms. The smallest absolute Gasteiger partial charge is 0.341 e. The van der Waals surface area contributed by atoms with E-state index in [1.807, 2.05) is 0 Å². The molecule has 2 saturated heterocycles. The Hall–Kier alpha value is -3.91. The Balaban J connectivity index is 1.46. The maximum Gasteiger partial charge on any atom is 0.341 e. The molecule has 0 unspecified atom stereocenters. The number of aliphatic carboxylic acids is 1. The van der Waals surface area contributed by atoms with Crippen LogP contribution in [0.1, 0.15) is 81.0 Å². The van der Waals surface area contributed by atoms with E-state index in [9.17, 15) is 38.7 Å². The summed E-state index contributed by atoms with van der Waals surface area (Å²) in [6.07, 6.45) is 4.44. The molecular formula is C30H37Cl2N5O9. The average molecular weight is 683 g/mol. The van der Waals surface area contributed by atoms with Crippen LogP contribution in [0.2, 0.25) is 10.0 Å². The number of rotatable bonds is 11. The highest BCUT2D eigenvalue weighted by atomic mass is 35.5. The first kappa shape index (κ1) is 35.0. The molecule has 3 aliphatic rings. The SMILES string of the molecule is O=C(O)CC[C@H](NC(=O)[C@@H]1CCCN2C(=O)CC[C@H](NC(=O)NC3CCCCC3)C(=O)N12)C(=O)COC(=O)c1c(Cl)cccc1Cl. The number of fused-ring (bicyclic) bond motifs is 1. The van der Waals surface area contributed by atoms with Crippen LogP contribution in [0.4, 0.5) is 4.79 Å². The molecule has 0 radical (unpaired) electrons. The predicted octanol–water partition coefficient (Wildman–Crippen LogP) is 2.60. The van der Waals surface area contributed by atoms with Gasteiger partial charge in [0.05, 0.1) is 21.7 Å². The van der Waals surface area contributed by atoms with Crippen LogP contribution >= 0.6 is 23.2 Å². The number of halogens is 2. The lowest BCUT2D eigenvalue weighted by Crippen LogP contribution is -2.65. The van der Waals surface area contributed by atoms with E-state index in [0.29, 0.717) is 6.42 Å². The molecule has 3 fully saturated rings. The number of amides is 5. The predicted molar refractivity (Wildman–Crippen MR) is 164 cm³/mol. The summed E-state index contributed by atoms with van der Waals surface area (Å²) < 4.78 is 5.09. The first-order valence-corrected chi connectivity index (χ1v) is 16.1. The third-order valence-electron chi connectivity index (χ3n) is 8.27. The van der Waals surface area contributed by atoms with Crippen LogP contribution in [0.3, 0.4) is 0 Å². The molecule has 2 heterocycles. The number of hydrazine groups is 1. The number of carboxylic acids is 1. The van der Waals surface area contributed by atoms with Crippen LogP contribution in [0, 0.1) is 0 Å². The minimum atomic E-state index is -1.40. The lowest BCUT2D eigenvalue weighted by molar-refractivity contribution is -0.176. The lowest BCUT2D eigenvalue weighted by atomic mass is 9.96. The minimum absolute atomic E-state index is 0.00143. The lowest BCUT2D eigenvalue weighted by Gasteiger charge is -2.43. The number of carbonyl (C=O) groups is 7. The number of Topliss-reactive ketones (excluding diaryl/α,β-unsaturated/α-hetero) is 1. The van der Waals surface area contributed by atoms with Crippen molar-refractivity contribution >= 4 is 64.7 Å². The van der Waals surface area contributed by atoms with Gasteiger partial charge in [0.1, 0.15) is 12.1 Å². The normalized spacial score (nSPS) is 21.0. The molecule has 1 aliphatic carbocycles. The standard InChI is InChI=1S/C30H37Cl2N5O9/c31-18-8-4-9-19(32)26(18)29(44)46-16-23(38)20(12-14-25(40)41)34-27(42)22-10-5-15-36-24(39)13-11-21(28(43)37(22)36)35-30(45)33-17-6-2-1-3-7-17/h4,8-9,17,20-22H,1-3,5-7,10-16H2,(H,34,42)(H,40,41)(H2,33,35,45)/t20-,21-,22-/m0/s1. The largest absolute Gasteiger partial charge is 0.481 e. The van der Waals surface area contributed by atoms with Crippen molar-refractivity contribution in [2.75, 3.05) is 13.2 Å². The van der Waals surface area contributed by atoms with Gasteiger partial charge in [0.2, 0.25) is 11.8 Å². The third-order valence-corrected chi connectivity index (χ3v) is 8.90. The molecule has 2 aliphatic heterocycles. The van der Waals surface area contributed by atoms with E-state index < -0.39 is 72.6 Å². The van der Waals surface area contributed by atoms with Gasteiger partial charge in [-0.3, -0.25) is 29.0 Å². The zero-order valence-corrected chi connectivity index (χ0v) is 26.6. The Morgan fingerprint density at radius 3 is 2.33 bits per heavy atom. The molecule has 250 valence electrons. The highest BCUT2D eigenvalue weighted by Crippen LogP contribution is 2.27. The Kier molecular flexibility index (Phi) is 12.2. The van der Waals surface area contributed by atoms with Crippen LogP contribution in [0.15, 0.2) is 18.2 Å². The van der Waals surface area contributed by atoms with Gasteiger partial charge in [-0.15, -0.1) is 0 Å². The van der Waals surface area contributed by atoms with Crippen molar-refractivity contribution in [1.82, 2.24) is 26.0 Å². The van der Waals surface area contributed by atoms with Crippen molar-refractivity contribution in [3.05, 3.63) is 33.8 Å². The highest BCUT2D eigenvalue weighted by Gasteiger charge is 2.45. The van der Waals surface area contributed by atoms with Crippen molar-refractivity contribution in [2.24, 2.45) is 0 Å². The Morgan fingerprint density at radius 1 is 0.957 bits per heavy atom. The second-order valence-corrected chi connectivity index (χ2v) is 12.3. The van der Waals surface area contributed by atoms with Crippen LogP contribution < -0.4 is 16.0 Å². The number of benzene rings is 1. The summed E-state index contributed by atoms with van der Waals surface area (Å²) in [7, 11) is 0. The van der Waals surface area contributed by atoms with Crippen molar-refractivity contribution in [1.29, 1.82) is 0 Å². The summed E-state index contributed by atoms with van der Waals surface area (Å²) in [6.45, 7) is -0.651. The van der Waals surface area contributed by atoms with Crippen LogP contribution in [0.5, 0.6) is 0 Å². The maximum absolute atomic E-state index is 13.8. The van der Waals surface area contributed by atoms with Crippen LogP contribution in [-0.2, 0) is 28.7 Å². The fourth-order valence-electron chi connectivity index (χ4n) is 5.89. The molecular weight excluding hydrogens is 645 g/mol. The number of hydrogen-bond donors (Lipinski definition) is 4. The fourth-order valence-corrected chi connectivity index (χ4v) is 6.44. The third kappa shape index (κ3) is 8.87. The molecule has 0 aromatic heterocycles. The zero-order chi connectivity index (χ0) is 33.4. The summed E-state index contributed by atoms with van der Waals surface area (Å²) >= 11 is 12.1. The molecule has 1 aromatic rings. The first-order chi connectivity index (χ1) is 22.0. The van der Waals surface area contributed by atoms with Crippen molar-refractivity contribution in [3.8, 4) is 0 Å². The van der Waals surface area contributed by atoms with E-state index in [2.05, 4.69) is 16.0 Å². The van der Waals surface area contributed by atoms with Crippen LogP contribution in [0.25, 0.3) is 0 Å². The van der Waals surface area contributed by atoms with Gasteiger partial charge in [0, 0.05) is 25.4 Å². The second-order valence-electron chi connectivity index (χ2n) is 11.5. The van der Waals surface area contributed by atoms with Gasteiger partial charge in [0.15, 0.2) is 12.4 Å². The van der Waals surface area contributed by atoms with Crippen LogP contribution in [-0.4, -0.2) is 93.9 Å². The van der Waals surface area contributed by atoms with E-state index in [4.69, 9.17) is 27.9 Å². The minimum Gasteiger partial charge on any atom is -0.481 e. The highest BCUT2D eigenvalue weighted by molar-refractivity contribution is 6.39.